The minimum absolute atomic E-state index is 0.104. The maximum atomic E-state index is 11.0. The first-order valence-corrected chi connectivity index (χ1v) is 6.78. The summed E-state index contributed by atoms with van der Waals surface area (Å²) in [6.07, 6.45) is 0. The number of aryl methyl sites for hydroxylation is 1. The normalized spacial score (nSPS) is 12.4. The summed E-state index contributed by atoms with van der Waals surface area (Å²) in [6, 6.07) is 0.104. The first-order valence-electron chi connectivity index (χ1n) is 5.96. The Balaban J connectivity index is 2.96. The topological polar surface area (TPSA) is 71.9 Å². The molecule has 1 N–H and O–H groups in total. The van der Waals surface area contributed by atoms with Crippen molar-refractivity contribution in [2.24, 2.45) is 0 Å². The number of methoxy groups -OCH3 is 2. The van der Waals surface area contributed by atoms with Crippen LogP contribution in [0.25, 0.3) is 0 Å². The largest absolute Gasteiger partial charge is 0.476 e. The van der Waals surface area contributed by atoms with Gasteiger partial charge in [0.05, 0.1) is 19.3 Å². The van der Waals surface area contributed by atoms with Crippen LogP contribution in [0, 0.1) is 6.92 Å². The molecule has 0 bridgehead atoms. The number of hydrogen-bond acceptors (Lipinski definition) is 6. The van der Waals surface area contributed by atoms with Crippen molar-refractivity contribution in [1.29, 1.82) is 0 Å². The van der Waals surface area contributed by atoms with Gasteiger partial charge in [-0.05, 0) is 13.8 Å². The number of carbonyl (C=O) groups is 1. The van der Waals surface area contributed by atoms with Crippen molar-refractivity contribution in [2.45, 2.75) is 19.9 Å². The Morgan fingerprint density at radius 3 is 2.63 bits per heavy atom. The number of aromatic carboxylic acids is 1. The smallest absolute Gasteiger partial charge is 0.355 e. The predicted octanol–water partition coefficient (Wildman–Crippen LogP) is 1.64. The van der Waals surface area contributed by atoms with E-state index in [2.05, 4.69) is 4.98 Å². The van der Waals surface area contributed by atoms with E-state index in [0.29, 0.717) is 29.8 Å². The zero-order valence-electron chi connectivity index (χ0n) is 11.7. The summed E-state index contributed by atoms with van der Waals surface area (Å²) in [5.41, 5.74) is 0.118. The minimum atomic E-state index is -0.994. The maximum Gasteiger partial charge on any atom is 0.355 e. The molecule has 0 radical (unpaired) electrons. The number of thiazole rings is 1. The number of hydrogen-bond donors (Lipinski definition) is 1. The fourth-order valence-corrected chi connectivity index (χ4v) is 2.76. The van der Waals surface area contributed by atoms with Crippen molar-refractivity contribution < 1.29 is 19.4 Å². The first kappa shape index (κ1) is 15.9. The number of carboxylic acid groups (broad SMARTS) is 1. The summed E-state index contributed by atoms with van der Waals surface area (Å²) < 4.78 is 10.2. The van der Waals surface area contributed by atoms with E-state index in [1.165, 1.54) is 11.3 Å². The van der Waals surface area contributed by atoms with E-state index >= 15 is 0 Å². The molecule has 0 aromatic carbocycles. The Labute approximate surface area is 117 Å². The van der Waals surface area contributed by atoms with Crippen LogP contribution in [0.5, 0.6) is 0 Å². The highest BCUT2D eigenvalue weighted by atomic mass is 32.1. The molecule has 1 atom stereocenters. The van der Waals surface area contributed by atoms with Gasteiger partial charge in [-0.1, -0.05) is 0 Å². The molecule has 1 aromatic heterocycles. The Morgan fingerprint density at radius 1 is 1.47 bits per heavy atom. The molecule has 0 spiro atoms. The molecule has 1 heterocycles. The molecule has 0 aliphatic rings. The maximum absolute atomic E-state index is 11.0. The lowest BCUT2D eigenvalue weighted by atomic mass is 10.3. The molecule has 0 amide bonds. The van der Waals surface area contributed by atoms with Gasteiger partial charge in [0.2, 0.25) is 0 Å². The number of nitrogens with zero attached hydrogens (tertiary/aromatic N) is 2. The van der Waals surface area contributed by atoms with Gasteiger partial charge in [0.1, 0.15) is 0 Å². The molecule has 0 saturated carbocycles. The van der Waals surface area contributed by atoms with Crippen LogP contribution < -0.4 is 4.90 Å². The quantitative estimate of drug-likeness (QED) is 0.784. The van der Waals surface area contributed by atoms with Crippen molar-refractivity contribution in [2.75, 3.05) is 38.9 Å². The Morgan fingerprint density at radius 2 is 2.16 bits per heavy atom. The summed E-state index contributed by atoms with van der Waals surface area (Å²) in [6.45, 7) is 5.52. The second kappa shape index (κ2) is 7.42. The van der Waals surface area contributed by atoms with Gasteiger partial charge in [0.15, 0.2) is 10.8 Å². The van der Waals surface area contributed by atoms with E-state index in [1.807, 2.05) is 11.8 Å². The monoisotopic (exact) mass is 288 g/mol. The molecule has 7 heteroatoms. The van der Waals surface area contributed by atoms with Crippen molar-refractivity contribution in [3.05, 3.63) is 10.6 Å². The van der Waals surface area contributed by atoms with Crippen LogP contribution in [0.3, 0.4) is 0 Å². The van der Waals surface area contributed by atoms with Crippen LogP contribution >= 0.6 is 11.3 Å². The van der Waals surface area contributed by atoms with E-state index in [4.69, 9.17) is 14.6 Å². The average molecular weight is 288 g/mol. The van der Waals surface area contributed by atoms with Crippen LogP contribution in [0.15, 0.2) is 0 Å². The lowest BCUT2D eigenvalue weighted by Gasteiger charge is -2.28. The van der Waals surface area contributed by atoms with Crippen LogP contribution in [0.2, 0.25) is 0 Å². The predicted molar refractivity (Wildman–Crippen MR) is 74.4 cm³/mol. The molecule has 0 fully saturated rings. The molecule has 1 aromatic rings. The second-order valence-electron chi connectivity index (χ2n) is 4.20. The lowest BCUT2D eigenvalue weighted by Crippen LogP contribution is -2.38. The molecule has 1 unspecified atom stereocenters. The molecular weight excluding hydrogens is 268 g/mol. The average Bonchev–Trinajstić information content (AvgIpc) is 2.72. The van der Waals surface area contributed by atoms with E-state index < -0.39 is 5.97 Å². The van der Waals surface area contributed by atoms with Crippen LogP contribution in [0.4, 0.5) is 5.13 Å². The summed E-state index contributed by atoms with van der Waals surface area (Å²) >= 11 is 1.38. The number of ether oxygens (including phenoxy) is 2. The summed E-state index contributed by atoms with van der Waals surface area (Å²) in [5.74, 6) is -0.994. The van der Waals surface area contributed by atoms with E-state index in [0.717, 1.165) is 0 Å². The first-order chi connectivity index (χ1) is 9.01. The van der Waals surface area contributed by atoms with Crippen LogP contribution in [-0.2, 0) is 9.47 Å². The third kappa shape index (κ3) is 4.15. The van der Waals surface area contributed by atoms with Crippen molar-refractivity contribution in [3.8, 4) is 0 Å². The molecule has 0 saturated heterocycles. The molecule has 0 aliphatic carbocycles. The summed E-state index contributed by atoms with van der Waals surface area (Å²) in [4.78, 5) is 18.0. The molecule has 108 valence electrons. The fraction of sp³-hybridized carbons (Fsp3) is 0.667. The highest BCUT2D eigenvalue weighted by molar-refractivity contribution is 7.15. The zero-order valence-corrected chi connectivity index (χ0v) is 12.5. The Kier molecular flexibility index (Phi) is 6.20. The van der Waals surface area contributed by atoms with Crippen molar-refractivity contribution in [3.63, 3.8) is 0 Å². The molecule has 6 nitrogen and oxygen atoms in total. The molecular formula is C12H20N2O4S. The summed E-state index contributed by atoms with van der Waals surface area (Å²) in [5, 5.41) is 9.75. The zero-order chi connectivity index (χ0) is 14.4. The van der Waals surface area contributed by atoms with Gasteiger partial charge < -0.3 is 19.5 Å². The van der Waals surface area contributed by atoms with E-state index in [9.17, 15) is 4.79 Å². The number of rotatable bonds is 8. The van der Waals surface area contributed by atoms with E-state index in [-0.39, 0.29) is 11.7 Å². The van der Waals surface area contributed by atoms with E-state index in [1.54, 1.807) is 21.1 Å². The van der Waals surface area contributed by atoms with Gasteiger partial charge in [0, 0.05) is 25.6 Å². The van der Waals surface area contributed by atoms with Crippen LogP contribution in [-0.4, -0.2) is 56.1 Å². The highest BCUT2D eigenvalue weighted by Gasteiger charge is 2.21. The molecule has 19 heavy (non-hydrogen) atoms. The summed E-state index contributed by atoms with van der Waals surface area (Å²) in [7, 11) is 3.27. The third-order valence-electron chi connectivity index (χ3n) is 2.71. The van der Waals surface area contributed by atoms with Gasteiger partial charge in [0.25, 0.3) is 0 Å². The SMILES string of the molecule is COCCN(c1nc(C(=O)O)c(C)s1)C(C)COC. The Bertz CT molecular complexity index is 422. The molecule has 0 aliphatic heterocycles. The Hall–Kier alpha value is -1.18. The number of aromatic nitrogens is 1. The lowest BCUT2D eigenvalue weighted by molar-refractivity contribution is 0.0690. The van der Waals surface area contributed by atoms with Gasteiger partial charge in [-0.2, -0.15) is 0 Å². The standard InChI is InChI=1S/C12H20N2O4S/c1-8(7-18-4)14(5-6-17-3)12-13-10(11(15)16)9(2)19-12/h8H,5-7H2,1-4H3,(H,15,16). The van der Waals surface area contributed by atoms with Crippen molar-refractivity contribution >= 4 is 22.4 Å². The van der Waals surface area contributed by atoms with Gasteiger partial charge in [-0.3, -0.25) is 0 Å². The third-order valence-corrected chi connectivity index (χ3v) is 3.72. The van der Waals surface area contributed by atoms with Gasteiger partial charge in [-0.25, -0.2) is 9.78 Å². The molecule has 1 rings (SSSR count). The van der Waals surface area contributed by atoms with Crippen LogP contribution in [0.1, 0.15) is 22.3 Å². The number of anilines is 1. The number of carboxylic acids is 1. The van der Waals surface area contributed by atoms with Crippen molar-refractivity contribution in [1.82, 2.24) is 4.98 Å². The second-order valence-corrected chi connectivity index (χ2v) is 5.38. The highest BCUT2D eigenvalue weighted by Crippen LogP contribution is 2.27. The fourth-order valence-electron chi connectivity index (χ4n) is 1.73. The van der Waals surface area contributed by atoms with Gasteiger partial charge in [-0.15, -0.1) is 11.3 Å². The van der Waals surface area contributed by atoms with Gasteiger partial charge >= 0.3 is 5.97 Å². The minimum Gasteiger partial charge on any atom is -0.476 e.